The van der Waals surface area contributed by atoms with E-state index in [1.165, 1.54) is 12.0 Å². The summed E-state index contributed by atoms with van der Waals surface area (Å²) in [6.45, 7) is 0.546. The van der Waals surface area contributed by atoms with Crippen molar-refractivity contribution < 1.29 is 5.11 Å². The zero-order valence-electron chi connectivity index (χ0n) is 9.08. The fraction of sp³-hybridized carbons (Fsp3) is 0.538. The van der Waals surface area contributed by atoms with E-state index in [2.05, 4.69) is 12.1 Å². The SMILES string of the molecule is NCCC1(O)CCCCc2ccccc21. The quantitative estimate of drug-likeness (QED) is 0.725. The second-order valence-electron chi connectivity index (χ2n) is 4.43. The predicted molar refractivity (Wildman–Crippen MR) is 61.6 cm³/mol. The molecule has 1 aliphatic rings. The number of hydrogen-bond donors (Lipinski definition) is 2. The molecule has 0 aromatic heterocycles. The van der Waals surface area contributed by atoms with Gasteiger partial charge in [-0.25, -0.2) is 0 Å². The fourth-order valence-corrected chi connectivity index (χ4v) is 2.56. The Balaban J connectivity index is 2.40. The van der Waals surface area contributed by atoms with E-state index in [1.54, 1.807) is 0 Å². The molecule has 0 aliphatic heterocycles. The van der Waals surface area contributed by atoms with Gasteiger partial charge in [0.2, 0.25) is 0 Å². The fourth-order valence-electron chi connectivity index (χ4n) is 2.56. The van der Waals surface area contributed by atoms with Gasteiger partial charge in [-0.05, 0) is 49.8 Å². The molecule has 1 unspecified atom stereocenters. The average molecular weight is 205 g/mol. The number of nitrogens with two attached hydrogens (primary N) is 1. The van der Waals surface area contributed by atoms with E-state index in [0.717, 1.165) is 24.8 Å². The van der Waals surface area contributed by atoms with Crippen molar-refractivity contribution in [3.63, 3.8) is 0 Å². The van der Waals surface area contributed by atoms with E-state index in [9.17, 15) is 5.11 Å². The summed E-state index contributed by atoms with van der Waals surface area (Å²) in [5.41, 5.74) is 7.32. The zero-order valence-corrected chi connectivity index (χ0v) is 9.08. The molecule has 0 amide bonds. The van der Waals surface area contributed by atoms with E-state index in [4.69, 9.17) is 5.73 Å². The number of aliphatic hydroxyl groups is 1. The van der Waals surface area contributed by atoms with Gasteiger partial charge in [0.15, 0.2) is 0 Å². The molecule has 0 bridgehead atoms. The maximum absolute atomic E-state index is 10.6. The van der Waals surface area contributed by atoms with Crippen LogP contribution in [0.2, 0.25) is 0 Å². The van der Waals surface area contributed by atoms with Gasteiger partial charge in [-0.3, -0.25) is 0 Å². The van der Waals surface area contributed by atoms with Gasteiger partial charge in [0, 0.05) is 0 Å². The Morgan fingerprint density at radius 2 is 2.07 bits per heavy atom. The lowest BCUT2D eigenvalue weighted by atomic mass is 9.85. The summed E-state index contributed by atoms with van der Waals surface area (Å²) in [4.78, 5) is 0. The Bertz CT molecular complexity index is 337. The van der Waals surface area contributed by atoms with Crippen LogP contribution in [0.25, 0.3) is 0 Å². The maximum Gasteiger partial charge on any atom is 0.0911 e. The van der Waals surface area contributed by atoms with Gasteiger partial charge in [0.05, 0.1) is 5.60 Å². The molecule has 15 heavy (non-hydrogen) atoms. The van der Waals surface area contributed by atoms with E-state index in [0.29, 0.717) is 13.0 Å². The summed E-state index contributed by atoms with van der Waals surface area (Å²) < 4.78 is 0. The van der Waals surface area contributed by atoms with Gasteiger partial charge in [-0.15, -0.1) is 0 Å². The molecule has 1 atom stereocenters. The first-order chi connectivity index (χ1) is 7.26. The molecule has 0 saturated heterocycles. The minimum atomic E-state index is -0.679. The third-order valence-electron chi connectivity index (χ3n) is 3.36. The summed E-state index contributed by atoms with van der Waals surface area (Å²) in [6.07, 6.45) is 4.86. The van der Waals surface area contributed by atoms with E-state index in [1.807, 2.05) is 12.1 Å². The van der Waals surface area contributed by atoms with Crippen molar-refractivity contribution in [1.82, 2.24) is 0 Å². The molecule has 1 aromatic carbocycles. The molecule has 1 aliphatic carbocycles. The Hall–Kier alpha value is -0.860. The zero-order chi connectivity index (χ0) is 10.7. The minimum Gasteiger partial charge on any atom is -0.385 e. The number of hydrogen-bond acceptors (Lipinski definition) is 2. The molecule has 0 spiro atoms. The van der Waals surface area contributed by atoms with Crippen molar-refractivity contribution >= 4 is 0 Å². The molecule has 1 aromatic rings. The summed E-state index contributed by atoms with van der Waals surface area (Å²) in [7, 11) is 0. The van der Waals surface area contributed by atoms with Crippen molar-refractivity contribution in [2.75, 3.05) is 6.54 Å². The molecule has 0 fully saturated rings. The molecule has 2 heteroatoms. The molecular formula is C13H19NO. The van der Waals surface area contributed by atoms with Crippen LogP contribution >= 0.6 is 0 Å². The number of fused-ring (bicyclic) bond motifs is 1. The Kier molecular flexibility index (Phi) is 3.08. The van der Waals surface area contributed by atoms with Crippen molar-refractivity contribution in [2.24, 2.45) is 5.73 Å². The topological polar surface area (TPSA) is 46.2 Å². The van der Waals surface area contributed by atoms with Crippen LogP contribution < -0.4 is 5.73 Å². The molecule has 3 N–H and O–H groups in total. The highest BCUT2D eigenvalue weighted by atomic mass is 16.3. The summed E-state index contributed by atoms with van der Waals surface area (Å²) in [6, 6.07) is 8.23. The molecule has 82 valence electrons. The number of aryl methyl sites for hydroxylation is 1. The largest absolute Gasteiger partial charge is 0.385 e. The molecule has 0 heterocycles. The monoisotopic (exact) mass is 205 g/mol. The smallest absolute Gasteiger partial charge is 0.0911 e. The highest BCUT2D eigenvalue weighted by Gasteiger charge is 2.31. The second kappa shape index (κ2) is 4.33. The molecular weight excluding hydrogens is 186 g/mol. The first-order valence-electron chi connectivity index (χ1n) is 5.77. The maximum atomic E-state index is 10.6. The molecule has 0 radical (unpaired) electrons. The van der Waals surface area contributed by atoms with Crippen molar-refractivity contribution in [3.8, 4) is 0 Å². The van der Waals surface area contributed by atoms with E-state index >= 15 is 0 Å². The molecule has 2 rings (SSSR count). The number of benzene rings is 1. The Labute approximate surface area is 91.1 Å². The normalized spacial score (nSPS) is 25.7. The van der Waals surface area contributed by atoms with Crippen LogP contribution in [0.1, 0.15) is 36.8 Å². The first-order valence-corrected chi connectivity index (χ1v) is 5.77. The summed E-state index contributed by atoms with van der Waals surface area (Å²) in [5.74, 6) is 0. The number of rotatable bonds is 2. The van der Waals surface area contributed by atoms with Gasteiger partial charge in [-0.1, -0.05) is 24.3 Å². The van der Waals surface area contributed by atoms with Crippen LogP contribution in [0, 0.1) is 0 Å². The van der Waals surface area contributed by atoms with Gasteiger partial charge in [0.1, 0.15) is 0 Å². The third-order valence-corrected chi connectivity index (χ3v) is 3.36. The van der Waals surface area contributed by atoms with Crippen molar-refractivity contribution in [1.29, 1.82) is 0 Å². The minimum absolute atomic E-state index is 0.546. The highest BCUT2D eigenvalue weighted by Crippen LogP contribution is 2.36. The van der Waals surface area contributed by atoms with Crippen LogP contribution in [0.4, 0.5) is 0 Å². The summed E-state index contributed by atoms with van der Waals surface area (Å²) in [5, 5.41) is 10.6. The van der Waals surface area contributed by atoms with Crippen molar-refractivity contribution in [2.45, 2.75) is 37.7 Å². The Morgan fingerprint density at radius 3 is 2.87 bits per heavy atom. The second-order valence-corrected chi connectivity index (χ2v) is 4.43. The Morgan fingerprint density at radius 1 is 1.27 bits per heavy atom. The third kappa shape index (κ3) is 2.06. The molecule has 2 nitrogen and oxygen atoms in total. The highest BCUT2D eigenvalue weighted by molar-refractivity contribution is 5.33. The lowest BCUT2D eigenvalue weighted by Gasteiger charge is -2.28. The van der Waals surface area contributed by atoms with Crippen LogP contribution in [0.3, 0.4) is 0 Å². The van der Waals surface area contributed by atoms with Gasteiger partial charge in [0.25, 0.3) is 0 Å². The van der Waals surface area contributed by atoms with Gasteiger partial charge in [-0.2, -0.15) is 0 Å². The van der Waals surface area contributed by atoms with Crippen LogP contribution in [0.15, 0.2) is 24.3 Å². The van der Waals surface area contributed by atoms with E-state index < -0.39 is 5.60 Å². The predicted octanol–water partition coefficient (Wildman–Crippen LogP) is 1.95. The van der Waals surface area contributed by atoms with Gasteiger partial charge >= 0.3 is 0 Å². The van der Waals surface area contributed by atoms with Crippen molar-refractivity contribution in [3.05, 3.63) is 35.4 Å². The first kappa shape index (κ1) is 10.7. The van der Waals surface area contributed by atoms with Crippen LogP contribution in [-0.2, 0) is 12.0 Å². The lowest BCUT2D eigenvalue weighted by molar-refractivity contribution is 0.0205. The van der Waals surface area contributed by atoms with Crippen LogP contribution in [-0.4, -0.2) is 11.7 Å². The summed E-state index contributed by atoms with van der Waals surface area (Å²) >= 11 is 0. The standard InChI is InChI=1S/C13H19NO/c14-10-9-13(15)8-4-3-6-11-5-1-2-7-12(11)13/h1-2,5,7,15H,3-4,6,8-10,14H2. The van der Waals surface area contributed by atoms with Gasteiger partial charge < -0.3 is 10.8 Å². The molecule has 0 saturated carbocycles. The van der Waals surface area contributed by atoms with E-state index in [-0.39, 0.29) is 0 Å². The van der Waals surface area contributed by atoms with Crippen LogP contribution in [0.5, 0.6) is 0 Å². The lowest BCUT2D eigenvalue weighted by Crippen LogP contribution is -2.29. The average Bonchev–Trinajstić information content (AvgIpc) is 2.40.